The summed E-state index contributed by atoms with van der Waals surface area (Å²) < 4.78 is 0.306. The molecule has 1 heterocycles. The van der Waals surface area contributed by atoms with Crippen LogP contribution in [0.15, 0.2) is 22.7 Å². The van der Waals surface area contributed by atoms with Crippen molar-refractivity contribution in [2.24, 2.45) is 5.92 Å². The Labute approximate surface area is 117 Å². The number of halogens is 1. The Kier molecular flexibility index (Phi) is 3.66. The Morgan fingerprint density at radius 3 is 2.68 bits per heavy atom. The maximum atomic E-state index is 11.8. The third-order valence-corrected chi connectivity index (χ3v) is 3.97. The number of benzene rings is 1. The number of hydrogen-bond donors (Lipinski definition) is 0. The van der Waals surface area contributed by atoms with Gasteiger partial charge in [-0.05, 0) is 21.5 Å². The first-order valence-electron chi connectivity index (χ1n) is 5.67. The fourth-order valence-electron chi connectivity index (χ4n) is 2.01. The Morgan fingerprint density at radius 2 is 2.16 bits per heavy atom. The van der Waals surface area contributed by atoms with Crippen LogP contribution in [0.2, 0.25) is 0 Å². The molecule has 0 saturated carbocycles. The fourth-order valence-corrected chi connectivity index (χ4v) is 2.55. The number of carbonyl (C=O) groups excluding carboxylic acids is 2. The van der Waals surface area contributed by atoms with Gasteiger partial charge in [-0.15, -0.1) is 0 Å². The molecule has 0 aromatic heterocycles. The largest absolute Gasteiger partial charge is 0.283 e. The lowest BCUT2D eigenvalue weighted by Crippen LogP contribution is -2.29. The van der Waals surface area contributed by atoms with E-state index in [1.165, 1.54) is 12.1 Å². The van der Waals surface area contributed by atoms with E-state index in [9.17, 15) is 19.7 Å². The average Bonchev–Trinajstić information content (AvgIpc) is 2.58. The van der Waals surface area contributed by atoms with Gasteiger partial charge in [0.2, 0.25) is 11.8 Å². The number of amides is 2. The van der Waals surface area contributed by atoms with E-state index in [4.69, 9.17) is 0 Å². The van der Waals surface area contributed by atoms with Gasteiger partial charge in [-0.2, -0.15) is 0 Å². The number of nitro benzene ring substituents is 1. The second kappa shape index (κ2) is 5.08. The maximum Gasteiger partial charge on any atom is 0.283 e. The topological polar surface area (TPSA) is 80.5 Å². The van der Waals surface area contributed by atoms with Crippen molar-refractivity contribution in [3.05, 3.63) is 38.3 Å². The van der Waals surface area contributed by atoms with Gasteiger partial charge in [-0.25, -0.2) is 0 Å². The number of rotatable bonds is 3. The summed E-state index contributed by atoms with van der Waals surface area (Å²) in [6.45, 7) is 1.76. The van der Waals surface area contributed by atoms with Gasteiger partial charge in [-0.1, -0.05) is 19.1 Å². The molecule has 7 heteroatoms. The highest BCUT2D eigenvalue weighted by atomic mass is 79.9. The summed E-state index contributed by atoms with van der Waals surface area (Å²) in [7, 11) is 0. The minimum atomic E-state index is -0.510. The Morgan fingerprint density at radius 1 is 1.47 bits per heavy atom. The molecule has 1 aliphatic heterocycles. The lowest BCUT2D eigenvalue weighted by atomic mass is 10.1. The standard InChI is InChI=1S/C12H11BrN2O4/c1-7-5-10(16)14(12(7)17)6-8-3-2-4-9(11(8)13)15(18)19/h2-4,7H,5-6H2,1H3. The number of nitrogens with zero attached hydrogens (tertiary/aromatic N) is 2. The van der Waals surface area contributed by atoms with Crippen LogP contribution in [0.3, 0.4) is 0 Å². The number of likely N-dealkylation sites (tertiary alicyclic amines) is 1. The van der Waals surface area contributed by atoms with E-state index in [0.717, 1.165) is 4.90 Å². The number of nitro groups is 1. The van der Waals surface area contributed by atoms with Gasteiger partial charge in [0, 0.05) is 18.4 Å². The summed E-state index contributed by atoms with van der Waals surface area (Å²) in [4.78, 5) is 34.9. The monoisotopic (exact) mass is 326 g/mol. The van der Waals surface area contributed by atoms with Gasteiger partial charge in [0.25, 0.3) is 5.69 Å². The molecule has 2 amide bonds. The van der Waals surface area contributed by atoms with Crippen LogP contribution in [0, 0.1) is 16.0 Å². The molecule has 0 N–H and O–H groups in total. The quantitative estimate of drug-likeness (QED) is 0.484. The summed E-state index contributed by atoms with van der Waals surface area (Å²) in [6, 6.07) is 4.55. The predicted molar refractivity (Wildman–Crippen MR) is 70.1 cm³/mol. The molecule has 0 aliphatic carbocycles. The first-order valence-corrected chi connectivity index (χ1v) is 6.47. The molecule has 1 aromatic carbocycles. The van der Waals surface area contributed by atoms with Gasteiger partial charge in [0.1, 0.15) is 4.47 Å². The molecule has 1 saturated heterocycles. The zero-order valence-corrected chi connectivity index (χ0v) is 11.7. The molecule has 6 nitrogen and oxygen atoms in total. The Balaban J connectivity index is 2.30. The van der Waals surface area contributed by atoms with Crippen LogP contribution in [0.5, 0.6) is 0 Å². The molecule has 19 heavy (non-hydrogen) atoms. The third-order valence-electron chi connectivity index (χ3n) is 3.05. The first kappa shape index (κ1) is 13.7. The van der Waals surface area contributed by atoms with Crippen molar-refractivity contribution in [1.29, 1.82) is 0 Å². The van der Waals surface area contributed by atoms with Crippen molar-refractivity contribution >= 4 is 33.4 Å². The third kappa shape index (κ3) is 2.51. The van der Waals surface area contributed by atoms with Gasteiger partial charge in [0.05, 0.1) is 11.5 Å². The summed E-state index contributed by atoms with van der Waals surface area (Å²) >= 11 is 3.15. The summed E-state index contributed by atoms with van der Waals surface area (Å²) in [6.07, 6.45) is 0.200. The van der Waals surface area contributed by atoms with Crippen LogP contribution >= 0.6 is 15.9 Å². The highest BCUT2D eigenvalue weighted by Gasteiger charge is 2.36. The zero-order chi connectivity index (χ0) is 14.2. The average molecular weight is 327 g/mol. The number of imide groups is 1. The van der Waals surface area contributed by atoms with E-state index in [0.29, 0.717) is 10.0 Å². The van der Waals surface area contributed by atoms with E-state index in [1.807, 2.05) is 0 Å². The summed E-state index contributed by atoms with van der Waals surface area (Å²) in [5.41, 5.74) is 0.467. The number of hydrogen-bond acceptors (Lipinski definition) is 4. The fraction of sp³-hybridized carbons (Fsp3) is 0.333. The lowest BCUT2D eigenvalue weighted by Gasteiger charge is -2.15. The predicted octanol–water partition coefficient (Wildman–Crippen LogP) is 2.25. The van der Waals surface area contributed by atoms with Crippen molar-refractivity contribution in [1.82, 2.24) is 4.90 Å². The first-order chi connectivity index (χ1) is 8.91. The van der Waals surface area contributed by atoms with Crippen LogP contribution in [0.1, 0.15) is 18.9 Å². The molecule has 1 fully saturated rings. The van der Waals surface area contributed by atoms with Crippen LogP contribution < -0.4 is 0 Å². The smallest absolute Gasteiger partial charge is 0.278 e. The van der Waals surface area contributed by atoms with Crippen molar-refractivity contribution in [2.45, 2.75) is 19.9 Å². The van der Waals surface area contributed by atoms with Crippen LogP contribution in [0.25, 0.3) is 0 Å². The summed E-state index contributed by atoms with van der Waals surface area (Å²) in [5.74, 6) is -0.788. The van der Waals surface area contributed by atoms with Crippen molar-refractivity contribution in [3.63, 3.8) is 0 Å². The van der Waals surface area contributed by atoms with E-state index in [-0.39, 0.29) is 36.4 Å². The minimum Gasteiger partial charge on any atom is -0.278 e. The molecule has 1 atom stereocenters. The van der Waals surface area contributed by atoms with Crippen molar-refractivity contribution in [2.75, 3.05) is 0 Å². The lowest BCUT2D eigenvalue weighted by molar-refractivity contribution is -0.385. The normalized spacial score (nSPS) is 19.1. The van der Waals surface area contributed by atoms with Crippen LogP contribution in [0.4, 0.5) is 5.69 Å². The maximum absolute atomic E-state index is 11.8. The van der Waals surface area contributed by atoms with Crippen LogP contribution in [-0.4, -0.2) is 21.6 Å². The van der Waals surface area contributed by atoms with Gasteiger partial charge >= 0.3 is 0 Å². The molecule has 2 rings (SSSR count). The molecule has 0 radical (unpaired) electrons. The van der Waals surface area contributed by atoms with E-state index >= 15 is 0 Å². The molecular formula is C12H11BrN2O4. The van der Waals surface area contributed by atoms with Gasteiger partial charge < -0.3 is 0 Å². The van der Waals surface area contributed by atoms with Crippen molar-refractivity contribution in [3.8, 4) is 0 Å². The molecule has 0 bridgehead atoms. The van der Waals surface area contributed by atoms with Gasteiger partial charge in [0.15, 0.2) is 0 Å². The van der Waals surface area contributed by atoms with E-state index in [2.05, 4.69) is 15.9 Å². The minimum absolute atomic E-state index is 0.0598. The van der Waals surface area contributed by atoms with E-state index < -0.39 is 4.92 Å². The van der Waals surface area contributed by atoms with Gasteiger partial charge in [-0.3, -0.25) is 24.6 Å². The zero-order valence-electron chi connectivity index (χ0n) is 10.1. The van der Waals surface area contributed by atoms with Crippen LogP contribution in [-0.2, 0) is 16.1 Å². The number of carbonyl (C=O) groups is 2. The molecule has 1 unspecified atom stereocenters. The Bertz CT molecular complexity index is 573. The van der Waals surface area contributed by atoms with Crippen molar-refractivity contribution < 1.29 is 14.5 Å². The molecule has 100 valence electrons. The second-order valence-corrected chi connectivity index (χ2v) is 5.22. The highest BCUT2D eigenvalue weighted by Crippen LogP contribution is 2.30. The summed E-state index contributed by atoms with van der Waals surface area (Å²) in [5, 5.41) is 10.8. The second-order valence-electron chi connectivity index (χ2n) is 4.43. The molecule has 1 aliphatic rings. The Hall–Kier alpha value is -1.76. The SMILES string of the molecule is CC1CC(=O)N(Cc2cccc([N+](=O)[O-])c2Br)C1=O. The molecular weight excluding hydrogens is 316 g/mol. The molecule has 1 aromatic rings. The van der Waals surface area contributed by atoms with E-state index in [1.54, 1.807) is 13.0 Å². The molecule has 0 spiro atoms. The highest BCUT2D eigenvalue weighted by molar-refractivity contribution is 9.10.